The molecule has 0 fully saturated rings. The van der Waals surface area contributed by atoms with E-state index in [9.17, 15) is 5.11 Å². The van der Waals surface area contributed by atoms with E-state index in [-0.39, 0.29) is 43.8 Å². The van der Waals surface area contributed by atoms with Crippen molar-refractivity contribution < 1.29 is 42.8 Å². The van der Waals surface area contributed by atoms with Gasteiger partial charge in [-0.2, -0.15) is 7.05 Å². The maximum Gasteiger partial charge on any atom is 1.00 e. The van der Waals surface area contributed by atoms with Crippen LogP contribution in [-0.4, -0.2) is 13.2 Å². The molecule has 1 aromatic rings. The number of benzene rings is 1. The summed E-state index contributed by atoms with van der Waals surface area (Å²) >= 11 is 0. The zero-order chi connectivity index (χ0) is 8.97. The Kier molecular flexibility index (Phi) is 10.3. The van der Waals surface area contributed by atoms with Crippen molar-refractivity contribution in [3.63, 3.8) is 0 Å². The molecular formula is C10H13Li2NO. The van der Waals surface area contributed by atoms with Crippen molar-refractivity contribution in [2.75, 3.05) is 7.05 Å². The Hall–Kier alpha value is 0.335. The van der Waals surface area contributed by atoms with Crippen molar-refractivity contribution in [2.45, 2.75) is 19.1 Å². The third kappa shape index (κ3) is 4.71. The van der Waals surface area contributed by atoms with Gasteiger partial charge in [0.25, 0.3) is 0 Å². The number of hydrogen-bond donors (Lipinski definition) is 0. The van der Waals surface area contributed by atoms with Crippen molar-refractivity contribution >= 4 is 0 Å². The summed E-state index contributed by atoms with van der Waals surface area (Å²) in [6.45, 7) is 1.64. The summed E-state index contributed by atoms with van der Waals surface area (Å²) in [5.41, 5.74) is 1.00. The monoisotopic (exact) mass is 177 g/mol. The molecular weight excluding hydrogens is 164 g/mol. The average molecular weight is 177 g/mol. The Morgan fingerprint density at radius 3 is 2.00 bits per heavy atom. The van der Waals surface area contributed by atoms with E-state index in [0.717, 1.165) is 5.56 Å². The second-order valence-electron chi connectivity index (χ2n) is 2.82. The van der Waals surface area contributed by atoms with Gasteiger partial charge in [-0.3, -0.25) is 0 Å². The molecule has 0 heterocycles. The minimum atomic E-state index is -0.669. The Bertz CT molecular complexity index is 229. The standard InChI is InChI=1S/C10H13NO.2Li/c1-8(12)10(11-2)9-6-4-3-5-7-9;;/h3-8,10H,1-2H3;;/q-2;2*+1/t8-,10-;;/m0../s1. The quantitative estimate of drug-likeness (QED) is 0.429. The van der Waals surface area contributed by atoms with E-state index in [1.165, 1.54) is 0 Å². The van der Waals surface area contributed by atoms with Gasteiger partial charge >= 0.3 is 37.7 Å². The molecule has 66 valence electrons. The predicted molar refractivity (Wildman–Crippen MR) is 47.9 cm³/mol. The first-order valence-corrected chi connectivity index (χ1v) is 4.05. The molecule has 0 aliphatic heterocycles. The zero-order valence-electron chi connectivity index (χ0n) is 9.40. The summed E-state index contributed by atoms with van der Waals surface area (Å²) in [6, 6.07) is 9.46. The Labute approximate surface area is 110 Å². The second kappa shape index (κ2) is 8.63. The van der Waals surface area contributed by atoms with Crippen LogP contribution >= 0.6 is 0 Å². The molecule has 0 saturated heterocycles. The van der Waals surface area contributed by atoms with Crippen LogP contribution in [0.25, 0.3) is 5.32 Å². The van der Waals surface area contributed by atoms with Gasteiger partial charge in [0, 0.05) is 0 Å². The molecule has 1 rings (SSSR count). The molecule has 0 unspecified atom stereocenters. The normalized spacial score (nSPS) is 13.4. The smallest absolute Gasteiger partial charge is 0.853 e. The summed E-state index contributed by atoms with van der Waals surface area (Å²) in [5, 5.41) is 15.2. The third-order valence-electron chi connectivity index (χ3n) is 1.86. The first-order chi connectivity index (χ1) is 5.75. The van der Waals surface area contributed by atoms with Gasteiger partial charge in [0.2, 0.25) is 0 Å². The SMILES string of the molecule is C[N-][C@H](c1ccccc1)[C@H](C)[O-].[Li+].[Li+]. The summed E-state index contributed by atoms with van der Waals surface area (Å²) in [7, 11) is 1.69. The van der Waals surface area contributed by atoms with E-state index in [4.69, 9.17) is 0 Å². The topological polar surface area (TPSA) is 37.2 Å². The fraction of sp³-hybridized carbons (Fsp3) is 0.400. The number of likely N-dealkylation sites (N-methyl/N-ethyl adjacent to an activating group) is 1. The first-order valence-electron chi connectivity index (χ1n) is 4.05. The maximum atomic E-state index is 11.2. The van der Waals surface area contributed by atoms with Crippen LogP contribution < -0.4 is 42.8 Å². The van der Waals surface area contributed by atoms with Gasteiger partial charge in [0.05, 0.1) is 0 Å². The van der Waals surface area contributed by atoms with Gasteiger partial charge < -0.3 is 10.4 Å². The fourth-order valence-electron chi connectivity index (χ4n) is 1.28. The van der Waals surface area contributed by atoms with Crippen molar-refractivity contribution in [1.29, 1.82) is 0 Å². The molecule has 2 atom stereocenters. The van der Waals surface area contributed by atoms with Gasteiger partial charge in [0.15, 0.2) is 0 Å². The van der Waals surface area contributed by atoms with E-state index in [2.05, 4.69) is 5.32 Å². The van der Waals surface area contributed by atoms with Crippen molar-refractivity contribution in [3.8, 4) is 0 Å². The van der Waals surface area contributed by atoms with Crippen LogP contribution in [0.5, 0.6) is 0 Å². The first kappa shape index (κ1) is 16.8. The molecule has 0 bridgehead atoms. The molecule has 14 heavy (non-hydrogen) atoms. The molecule has 0 aromatic heterocycles. The van der Waals surface area contributed by atoms with E-state index < -0.39 is 6.10 Å². The summed E-state index contributed by atoms with van der Waals surface area (Å²) in [5.74, 6) is 0. The molecule has 0 N–H and O–H groups in total. The van der Waals surface area contributed by atoms with Gasteiger partial charge in [0.1, 0.15) is 0 Å². The van der Waals surface area contributed by atoms with Crippen LogP contribution in [0.1, 0.15) is 18.5 Å². The summed E-state index contributed by atoms with van der Waals surface area (Å²) < 4.78 is 0. The summed E-state index contributed by atoms with van der Waals surface area (Å²) in [4.78, 5) is 0. The molecule has 4 heteroatoms. The van der Waals surface area contributed by atoms with E-state index in [1.54, 1.807) is 14.0 Å². The van der Waals surface area contributed by atoms with E-state index >= 15 is 0 Å². The molecule has 0 amide bonds. The van der Waals surface area contributed by atoms with E-state index in [1.807, 2.05) is 30.3 Å². The predicted octanol–water partition coefficient (Wildman–Crippen LogP) is -4.51. The number of nitrogens with zero attached hydrogens (tertiary/aromatic N) is 1. The summed E-state index contributed by atoms with van der Waals surface area (Å²) in [6.07, 6.45) is -0.669. The van der Waals surface area contributed by atoms with Crippen LogP contribution in [0.3, 0.4) is 0 Å². The Balaban J connectivity index is 0. The number of hydrogen-bond acceptors (Lipinski definition) is 1. The van der Waals surface area contributed by atoms with Crippen LogP contribution in [0.15, 0.2) is 30.3 Å². The van der Waals surface area contributed by atoms with Crippen LogP contribution in [0.2, 0.25) is 0 Å². The van der Waals surface area contributed by atoms with Crippen LogP contribution in [0, 0.1) is 0 Å². The minimum absolute atomic E-state index is 0. The number of rotatable bonds is 3. The van der Waals surface area contributed by atoms with Gasteiger partial charge in [-0.1, -0.05) is 42.8 Å². The van der Waals surface area contributed by atoms with Crippen LogP contribution in [0.4, 0.5) is 0 Å². The molecule has 0 aliphatic rings. The molecule has 0 radical (unpaired) electrons. The zero-order valence-corrected chi connectivity index (χ0v) is 9.40. The van der Waals surface area contributed by atoms with Crippen LogP contribution in [-0.2, 0) is 0 Å². The molecule has 1 aromatic carbocycles. The Morgan fingerprint density at radius 1 is 1.14 bits per heavy atom. The van der Waals surface area contributed by atoms with Gasteiger partial charge in [-0.25, -0.2) is 0 Å². The fourth-order valence-corrected chi connectivity index (χ4v) is 1.28. The molecule has 2 nitrogen and oxygen atoms in total. The van der Waals surface area contributed by atoms with Gasteiger partial charge in [-0.15, -0.1) is 12.1 Å². The average Bonchev–Trinajstić information content (AvgIpc) is 2.07. The maximum absolute atomic E-state index is 11.2. The largest absolute Gasteiger partial charge is 1.00 e. The van der Waals surface area contributed by atoms with Crippen molar-refractivity contribution in [1.82, 2.24) is 0 Å². The Morgan fingerprint density at radius 2 is 1.64 bits per heavy atom. The van der Waals surface area contributed by atoms with E-state index in [0.29, 0.717) is 0 Å². The molecule has 0 aliphatic carbocycles. The van der Waals surface area contributed by atoms with Crippen molar-refractivity contribution in [2.24, 2.45) is 0 Å². The minimum Gasteiger partial charge on any atom is -0.853 e. The second-order valence-corrected chi connectivity index (χ2v) is 2.82. The van der Waals surface area contributed by atoms with Crippen molar-refractivity contribution in [3.05, 3.63) is 41.2 Å². The molecule has 0 spiro atoms. The van der Waals surface area contributed by atoms with Gasteiger partial charge in [-0.05, 0) is 0 Å². The third-order valence-corrected chi connectivity index (χ3v) is 1.86. The molecule has 0 saturated carbocycles.